The van der Waals surface area contributed by atoms with E-state index < -0.39 is 17.7 Å². The Bertz CT molecular complexity index is 874. The van der Waals surface area contributed by atoms with E-state index in [1.165, 1.54) is 16.5 Å². The van der Waals surface area contributed by atoms with Crippen LogP contribution in [0.5, 0.6) is 0 Å². The minimum absolute atomic E-state index is 0.200. The molecule has 0 bridgehead atoms. The maximum absolute atomic E-state index is 12.6. The summed E-state index contributed by atoms with van der Waals surface area (Å²) in [6.07, 6.45) is 1.13. The zero-order chi connectivity index (χ0) is 19.5. The first-order chi connectivity index (χ1) is 12.1. The summed E-state index contributed by atoms with van der Waals surface area (Å²) in [7, 11) is 0. The molecule has 0 aliphatic heterocycles. The first kappa shape index (κ1) is 20.3. The monoisotopic (exact) mass is 439 g/mol. The third-order valence-electron chi connectivity index (χ3n) is 3.46. The lowest BCUT2D eigenvalue weighted by molar-refractivity contribution is 0.0583. The average molecular weight is 441 g/mol. The molecule has 0 saturated carbocycles. The molecule has 0 radical (unpaired) electrons. The van der Waals surface area contributed by atoms with Gasteiger partial charge in [-0.3, -0.25) is 4.90 Å². The topological polar surface area (TPSA) is 66.8 Å². The van der Waals surface area contributed by atoms with Crippen LogP contribution in [0.2, 0.25) is 0 Å². The summed E-state index contributed by atoms with van der Waals surface area (Å²) < 4.78 is 6.15. The smallest absolute Gasteiger partial charge is 0.415 e. The van der Waals surface area contributed by atoms with Crippen molar-refractivity contribution in [2.75, 3.05) is 11.4 Å². The van der Waals surface area contributed by atoms with Crippen molar-refractivity contribution in [1.82, 2.24) is 0 Å². The van der Waals surface area contributed by atoms with Crippen molar-refractivity contribution in [2.45, 2.75) is 26.4 Å². The van der Waals surface area contributed by atoms with Crippen LogP contribution in [-0.4, -0.2) is 29.3 Å². The van der Waals surface area contributed by atoms with E-state index in [2.05, 4.69) is 15.9 Å². The molecule has 2 rings (SSSR count). The highest BCUT2D eigenvalue weighted by Gasteiger charge is 2.24. The zero-order valence-corrected chi connectivity index (χ0v) is 17.0. The van der Waals surface area contributed by atoms with Crippen LogP contribution >= 0.6 is 27.5 Å². The third kappa shape index (κ3) is 4.77. The standard InChI is InChI=1S/C19H19BrClNO4/c1-19(2,3)26-18(25)22(10-4-9-21)15-8-6-12-11-13(17(23)24)5-7-14(12)16(15)20/h4-9,11H,10H2,1-3H3,(H,23,24). The van der Waals surface area contributed by atoms with Gasteiger partial charge in [0.2, 0.25) is 0 Å². The predicted octanol–water partition coefficient (Wildman–Crippen LogP) is 5.79. The van der Waals surface area contributed by atoms with Crippen LogP contribution in [0.25, 0.3) is 10.8 Å². The van der Waals surface area contributed by atoms with Gasteiger partial charge in [-0.1, -0.05) is 29.8 Å². The van der Waals surface area contributed by atoms with E-state index in [1.807, 2.05) is 0 Å². The van der Waals surface area contributed by atoms with Crippen molar-refractivity contribution in [1.29, 1.82) is 0 Å². The van der Waals surface area contributed by atoms with Crippen LogP contribution < -0.4 is 4.90 Å². The maximum atomic E-state index is 12.6. The molecule has 26 heavy (non-hydrogen) atoms. The van der Waals surface area contributed by atoms with Gasteiger partial charge in [0, 0.05) is 16.6 Å². The van der Waals surface area contributed by atoms with Crippen LogP contribution in [0, 0.1) is 0 Å². The lowest BCUT2D eigenvalue weighted by atomic mass is 10.1. The van der Waals surface area contributed by atoms with Crippen LogP contribution in [0.1, 0.15) is 31.1 Å². The van der Waals surface area contributed by atoms with E-state index in [1.54, 1.807) is 51.1 Å². The van der Waals surface area contributed by atoms with Crippen LogP contribution in [0.15, 0.2) is 46.4 Å². The van der Waals surface area contributed by atoms with E-state index in [0.29, 0.717) is 10.2 Å². The van der Waals surface area contributed by atoms with E-state index in [0.717, 1.165) is 10.8 Å². The molecule has 0 aliphatic rings. The molecule has 0 aromatic heterocycles. The Morgan fingerprint density at radius 2 is 1.96 bits per heavy atom. The van der Waals surface area contributed by atoms with Crippen molar-refractivity contribution < 1.29 is 19.4 Å². The van der Waals surface area contributed by atoms with Gasteiger partial charge in [-0.2, -0.15) is 0 Å². The van der Waals surface area contributed by atoms with Gasteiger partial charge < -0.3 is 9.84 Å². The molecule has 7 heteroatoms. The molecule has 1 amide bonds. The van der Waals surface area contributed by atoms with Crippen molar-refractivity contribution in [3.8, 4) is 0 Å². The Labute approximate surface area is 165 Å². The number of hydrogen-bond acceptors (Lipinski definition) is 3. The summed E-state index contributed by atoms with van der Waals surface area (Å²) in [5.41, 5.74) is 1.50. The molecule has 0 atom stereocenters. The number of carbonyl (C=O) groups is 2. The minimum atomic E-state index is -0.991. The first-order valence-corrected chi connectivity index (χ1v) is 9.08. The Morgan fingerprint density at radius 1 is 1.27 bits per heavy atom. The summed E-state index contributed by atoms with van der Waals surface area (Å²) in [6.45, 7) is 5.62. The van der Waals surface area contributed by atoms with Gasteiger partial charge >= 0.3 is 12.1 Å². The lowest BCUT2D eigenvalue weighted by Gasteiger charge is -2.27. The van der Waals surface area contributed by atoms with Gasteiger partial charge in [0.15, 0.2) is 0 Å². The molecule has 0 spiro atoms. The van der Waals surface area contributed by atoms with E-state index >= 15 is 0 Å². The molecule has 5 nitrogen and oxygen atoms in total. The van der Waals surface area contributed by atoms with Gasteiger partial charge in [0.05, 0.1) is 11.3 Å². The molecule has 0 heterocycles. The minimum Gasteiger partial charge on any atom is -0.478 e. The number of ether oxygens (including phenoxy) is 1. The molecule has 0 unspecified atom stereocenters. The van der Waals surface area contributed by atoms with Crippen LogP contribution in [0.4, 0.5) is 10.5 Å². The quantitative estimate of drug-likeness (QED) is 0.653. The van der Waals surface area contributed by atoms with E-state index in [9.17, 15) is 9.59 Å². The SMILES string of the molecule is CC(C)(C)OC(=O)N(CC=CCl)c1ccc2cc(C(=O)O)ccc2c1Br. The Kier molecular flexibility index (Phi) is 6.31. The normalized spacial score (nSPS) is 11.7. The van der Waals surface area contributed by atoms with Crippen molar-refractivity contribution in [3.63, 3.8) is 0 Å². The molecular weight excluding hydrogens is 422 g/mol. The fourth-order valence-corrected chi connectivity index (χ4v) is 3.14. The van der Waals surface area contributed by atoms with Gasteiger partial charge in [-0.25, -0.2) is 9.59 Å². The number of carboxylic acids is 1. The maximum Gasteiger partial charge on any atom is 0.415 e. The number of rotatable bonds is 4. The second kappa shape index (κ2) is 8.10. The highest BCUT2D eigenvalue weighted by atomic mass is 79.9. The second-order valence-corrected chi connectivity index (χ2v) is 7.64. The van der Waals surface area contributed by atoms with Crippen LogP contribution in [-0.2, 0) is 4.74 Å². The zero-order valence-electron chi connectivity index (χ0n) is 14.6. The number of anilines is 1. The first-order valence-electron chi connectivity index (χ1n) is 7.85. The number of benzene rings is 2. The summed E-state index contributed by atoms with van der Waals surface area (Å²) in [5.74, 6) is -0.991. The molecule has 138 valence electrons. The number of hydrogen-bond donors (Lipinski definition) is 1. The highest BCUT2D eigenvalue weighted by molar-refractivity contribution is 9.10. The number of nitrogens with zero attached hydrogens (tertiary/aromatic N) is 1. The largest absolute Gasteiger partial charge is 0.478 e. The molecule has 2 aromatic rings. The van der Waals surface area contributed by atoms with Gasteiger partial charge in [-0.05, 0) is 65.7 Å². The molecule has 0 saturated heterocycles. The molecule has 1 N–H and O–H groups in total. The fourth-order valence-electron chi connectivity index (χ4n) is 2.36. The predicted molar refractivity (Wildman–Crippen MR) is 107 cm³/mol. The van der Waals surface area contributed by atoms with Crippen molar-refractivity contribution >= 4 is 56.1 Å². The Hall–Kier alpha value is -2.05. The average Bonchev–Trinajstić information content (AvgIpc) is 2.55. The number of carboxylic acid groups (broad SMARTS) is 1. The summed E-state index contributed by atoms with van der Waals surface area (Å²) >= 11 is 9.16. The fraction of sp³-hybridized carbons (Fsp3) is 0.263. The number of halogens is 2. The summed E-state index contributed by atoms with van der Waals surface area (Å²) in [5, 5.41) is 10.7. The van der Waals surface area contributed by atoms with Gasteiger partial charge in [-0.15, -0.1) is 0 Å². The second-order valence-electron chi connectivity index (χ2n) is 6.59. The van der Waals surface area contributed by atoms with Gasteiger partial charge in [0.25, 0.3) is 0 Å². The summed E-state index contributed by atoms with van der Waals surface area (Å²) in [4.78, 5) is 25.2. The number of carbonyl (C=O) groups excluding carboxylic acids is 1. The van der Waals surface area contributed by atoms with Crippen molar-refractivity contribution in [2.24, 2.45) is 0 Å². The third-order valence-corrected chi connectivity index (χ3v) is 4.47. The number of fused-ring (bicyclic) bond motifs is 1. The highest BCUT2D eigenvalue weighted by Crippen LogP contribution is 2.35. The van der Waals surface area contributed by atoms with E-state index in [-0.39, 0.29) is 12.1 Å². The number of amides is 1. The Balaban J connectivity index is 2.52. The molecular formula is C19H19BrClNO4. The molecule has 0 fully saturated rings. The van der Waals surface area contributed by atoms with E-state index in [4.69, 9.17) is 21.4 Å². The number of aromatic carboxylic acids is 1. The molecule has 0 aliphatic carbocycles. The summed E-state index contributed by atoms with van der Waals surface area (Å²) in [6, 6.07) is 8.32. The lowest BCUT2D eigenvalue weighted by Crippen LogP contribution is -2.37. The molecule has 2 aromatic carbocycles. The van der Waals surface area contributed by atoms with Crippen LogP contribution in [0.3, 0.4) is 0 Å². The van der Waals surface area contributed by atoms with Gasteiger partial charge in [0.1, 0.15) is 5.60 Å². The Morgan fingerprint density at radius 3 is 2.54 bits per heavy atom. The van der Waals surface area contributed by atoms with Crippen molar-refractivity contribution in [3.05, 3.63) is 52.0 Å².